The zero-order valence-corrected chi connectivity index (χ0v) is 19.0. The molecule has 2 aromatic rings. The average Bonchev–Trinajstić information content (AvgIpc) is 3.56. The lowest BCUT2D eigenvalue weighted by Crippen LogP contribution is -2.47. The lowest BCUT2D eigenvalue weighted by molar-refractivity contribution is -0.151. The van der Waals surface area contributed by atoms with Gasteiger partial charge in [-0.15, -0.1) is 0 Å². The third-order valence-corrected chi connectivity index (χ3v) is 6.86. The maximum atomic E-state index is 12.7. The van der Waals surface area contributed by atoms with Crippen LogP contribution in [0.2, 0.25) is 0 Å². The number of likely N-dealkylation sites (N-methyl/N-ethyl adjacent to an activating group) is 1. The van der Waals surface area contributed by atoms with Crippen LogP contribution in [-0.2, 0) is 14.3 Å². The van der Waals surface area contributed by atoms with Crippen LogP contribution in [0, 0.1) is 0 Å². The summed E-state index contributed by atoms with van der Waals surface area (Å²) in [6, 6.07) is 15.9. The van der Waals surface area contributed by atoms with Gasteiger partial charge in [-0.05, 0) is 41.5 Å². The van der Waals surface area contributed by atoms with Gasteiger partial charge in [0, 0.05) is 25.4 Å². The Morgan fingerprint density at radius 1 is 1.09 bits per heavy atom. The minimum atomic E-state index is -1.09. The molecule has 4 rings (SSSR count). The van der Waals surface area contributed by atoms with Crippen molar-refractivity contribution in [3.63, 3.8) is 0 Å². The molecule has 2 aliphatic rings. The highest BCUT2D eigenvalue weighted by Crippen LogP contribution is 2.44. The summed E-state index contributed by atoms with van der Waals surface area (Å²) < 4.78 is 5.61. The second kappa shape index (κ2) is 9.25. The number of nitrogens with zero attached hydrogens (tertiary/aromatic N) is 1. The first-order chi connectivity index (χ1) is 15.9. The Morgan fingerprint density at radius 2 is 1.67 bits per heavy atom. The third-order valence-electron chi connectivity index (χ3n) is 6.86. The van der Waals surface area contributed by atoms with Gasteiger partial charge in [0.15, 0.2) is 0 Å². The number of aliphatic carboxylic acids is 1. The van der Waals surface area contributed by atoms with Gasteiger partial charge in [-0.3, -0.25) is 4.79 Å². The lowest BCUT2D eigenvalue weighted by atomic mass is 9.98. The molecule has 0 saturated heterocycles. The van der Waals surface area contributed by atoms with Gasteiger partial charge in [-0.2, -0.15) is 0 Å². The zero-order chi connectivity index (χ0) is 23.6. The van der Waals surface area contributed by atoms with Crippen molar-refractivity contribution in [2.24, 2.45) is 0 Å². The number of nitrogens with one attached hydrogen (secondary N) is 1. The molecule has 0 spiro atoms. The Bertz CT molecular complexity index is 1020. The van der Waals surface area contributed by atoms with Crippen LogP contribution in [0.15, 0.2) is 48.5 Å². The van der Waals surface area contributed by atoms with Gasteiger partial charge in [-0.1, -0.05) is 61.9 Å². The smallest absolute Gasteiger partial charge is 0.407 e. The first kappa shape index (κ1) is 22.8. The maximum absolute atomic E-state index is 12.7. The number of benzene rings is 2. The van der Waals surface area contributed by atoms with E-state index in [1.165, 1.54) is 11.9 Å². The van der Waals surface area contributed by atoms with Crippen LogP contribution in [0.1, 0.15) is 56.1 Å². The third kappa shape index (κ3) is 4.45. The second-order valence-corrected chi connectivity index (χ2v) is 8.95. The normalized spacial score (nSPS) is 16.3. The van der Waals surface area contributed by atoms with Gasteiger partial charge in [-0.25, -0.2) is 9.59 Å². The van der Waals surface area contributed by atoms with Crippen LogP contribution >= 0.6 is 0 Å². The van der Waals surface area contributed by atoms with Crippen molar-refractivity contribution in [2.45, 2.75) is 56.5 Å². The van der Waals surface area contributed by atoms with Crippen molar-refractivity contribution in [1.82, 2.24) is 10.2 Å². The van der Waals surface area contributed by atoms with Crippen LogP contribution in [0.3, 0.4) is 0 Å². The second-order valence-electron chi connectivity index (χ2n) is 8.95. The Hall–Kier alpha value is -3.35. The van der Waals surface area contributed by atoms with Crippen molar-refractivity contribution < 1.29 is 24.2 Å². The van der Waals surface area contributed by atoms with Crippen LogP contribution in [0.4, 0.5) is 4.79 Å². The first-order valence-corrected chi connectivity index (χ1v) is 11.5. The van der Waals surface area contributed by atoms with E-state index in [1.54, 1.807) is 0 Å². The fraction of sp³-hybridized carbons (Fsp3) is 0.423. The molecule has 0 aliphatic heterocycles. The van der Waals surface area contributed by atoms with E-state index in [9.17, 15) is 19.5 Å². The molecule has 1 saturated carbocycles. The van der Waals surface area contributed by atoms with E-state index in [-0.39, 0.29) is 24.9 Å². The first-order valence-electron chi connectivity index (χ1n) is 11.5. The number of amides is 2. The number of carbonyl (C=O) groups excluding carboxylic acids is 2. The molecule has 1 unspecified atom stereocenters. The van der Waals surface area contributed by atoms with Crippen molar-refractivity contribution in [3.8, 4) is 11.1 Å². The summed E-state index contributed by atoms with van der Waals surface area (Å²) in [6.45, 7) is 2.18. The molecule has 2 N–H and O–H groups in total. The van der Waals surface area contributed by atoms with E-state index in [4.69, 9.17) is 4.74 Å². The fourth-order valence-electron chi connectivity index (χ4n) is 4.78. The molecule has 2 aromatic carbocycles. The number of hydrogen-bond acceptors (Lipinski definition) is 4. The Balaban J connectivity index is 1.37. The van der Waals surface area contributed by atoms with Crippen LogP contribution in [-0.4, -0.2) is 53.2 Å². The molecule has 2 amide bonds. The van der Waals surface area contributed by atoms with Crippen molar-refractivity contribution in [3.05, 3.63) is 59.7 Å². The fourth-order valence-corrected chi connectivity index (χ4v) is 4.78. The number of carboxylic acids is 1. The predicted octanol–water partition coefficient (Wildman–Crippen LogP) is 4.16. The van der Waals surface area contributed by atoms with Crippen LogP contribution in [0.25, 0.3) is 11.1 Å². The largest absolute Gasteiger partial charge is 0.479 e. The molecule has 0 bridgehead atoms. The number of hydrogen-bond donors (Lipinski definition) is 2. The minimum absolute atomic E-state index is 0.0363. The molecular formula is C26H30N2O5. The van der Waals surface area contributed by atoms with E-state index in [1.807, 2.05) is 31.2 Å². The SMILES string of the molecule is CCCC(CC(=O)N(C)C1(C(=O)O)CC1)NC(=O)OCC1c2ccccc2-c2ccccc21. The minimum Gasteiger partial charge on any atom is -0.479 e. The summed E-state index contributed by atoms with van der Waals surface area (Å²) in [5.41, 5.74) is 3.50. The standard InChI is InChI=1S/C26H30N2O5/c1-3-8-17(15-23(29)28(2)26(13-14-26)24(30)31)27-25(32)33-16-22-20-11-6-4-9-18(20)19-10-5-7-12-21(19)22/h4-7,9-12,17,22H,3,8,13-16H2,1-2H3,(H,27,32)(H,30,31). The summed E-state index contributed by atoms with van der Waals surface area (Å²) in [4.78, 5) is 38.2. The molecule has 0 radical (unpaired) electrons. The number of rotatable bonds is 9. The van der Waals surface area contributed by atoms with Crippen molar-refractivity contribution in [2.75, 3.05) is 13.7 Å². The van der Waals surface area contributed by atoms with Crippen molar-refractivity contribution >= 4 is 18.0 Å². The van der Waals surface area contributed by atoms with Crippen molar-refractivity contribution in [1.29, 1.82) is 0 Å². The monoisotopic (exact) mass is 450 g/mol. The molecule has 7 nitrogen and oxygen atoms in total. The van der Waals surface area contributed by atoms with Gasteiger partial charge in [0.2, 0.25) is 5.91 Å². The lowest BCUT2D eigenvalue weighted by Gasteiger charge is -2.27. The zero-order valence-electron chi connectivity index (χ0n) is 19.0. The molecule has 0 heterocycles. The van der Waals surface area contributed by atoms with E-state index >= 15 is 0 Å². The Labute approximate surface area is 193 Å². The molecule has 7 heteroatoms. The molecule has 0 aromatic heterocycles. The van der Waals surface area contributed by atoms with Crippen LogP contribution < -0.4 is 5.32 Å². The number of alkyl carbamates (subject to hydrolysis) is 1. The molecule has 2 aliphatic carbocycles. The summed E-state index contributed by atoms with van der Waals surface area (Å²) >= 11 is 0. The van der Waals surface area contributed by atoms with E-state index < -0.39 is 23.6 Å². The average molecular weight is 451 g/mol. The number of fused-ring (bicyclic) bond motifs is 3. The predicted molar refractivity (Wildman–Crippen MR) is 124 cm³/mol. The quantitative estimate of drug-likeness (QED) is 0.598. The topological polar surface area (TPSA) is 95.9 Å². The summed E-state index contributed by atoms with van der Waals surface area (Å²) in [7, 11) is 1.53. The molecule has 33 heavy (non-hydrogen) atoms. The van der Waals surface area contributed by atoms with E-state index in [0.717, 1.165) is 28.7 Å². The summed E-state index contributed by atoms with van der Waals surface area (Å²) in [5, 5.41) is 12.3. The highest BCUT2D eigenvalue weighted by atomic mass is 16.5. The van der Waals surface area contributed by atoms with Gasteiger partial charge in [0.05, 0.1) is 0 Å². The van der Waals surface area contributed by atoms with Gasteiger partial charge < -0.3 is 20.1 Å². The summed E-state index contributed by atoms with van der Waals surface area (Å²) in [6.07, 6.45) is 1.78. The molecule has 174 valence electrons. The summed E-state index contributed by atoms with van der Waals surface area (Å²) in [5.74, 6) is -1.30. The Morgan fingerprint density at radius 3 is 2.18 bits per heavy atom. The number of carboxylic acid groups (broad SMARTS) is 1. The number of carbonyl (C=O) groups is 3. The van der Waals surface area contributed by atoms with E-state index in [0.29, 0.717) is 19.3 Å². The molecule has 1 fully saturated rings. The Kier molecular flexibility index (Phi) is 6.40. The van der Waals surface area contributed by atoms with Gasteiger partial charge >= 0.3 is 12.1 Å². The maximum Gasteiger partial charge on any atom is 0.407 e. The van der Waals surface area contributed by atoms with Gasteiger partial charge in [0.25, 0.3) is 0 Å². The molecule has 1 atom stereocenters. The highest BCUT2D eigenvalue weighted by molar-refractivity contribution is 5.89. The highest BCUT2D eigenvalue weighted by Gasteiger charge is 2.55. The van der Waals surface area contributed by atoms with Gasteiger partial charge in [0.1, 0.15) is 12.1 Å². The number of ether oxygens (including phenoxy) is 1. The molecular weight excluding hydrogens is 420 g/mol. The van der Waals surface area contributed by atoms with E-state index in [2.05, 4.69) is 29.6 Å². The van der Waals surface area contributed by atoms with Crippen LogP contribution in [0.5, 0.6) is 0 Å².